The van der Waals surface area contributed by atoms with E-state index in [1.807, 2.05) is 23.2 Å². The van der Waals surface area contributed by atoms with Crippen LogP contribution in [0.4, 0.5) is 5.82 Å². The molecule has 0 spiro atoms. The van der Waals surface area contributed by atoms with E-state index in [-0.39, 0.29) is 11.6 Å². The second kappa shape index (κ2) is 5.84. The number of amides is 1. The fraction of sp³-hybridized carbons (Fsp3) is 0.286. The van der Waals surface area contributed by atoms with Crippen molar-refractivity contribution in [3.05, 3.63) is 57.0 Å². The Morgan fingerprint density at radius 2 is 1.86 bits per heavy atom. The van der Waals surface area contributed by atoms with Gasteiger partial charge in [0.1, 0.15) is 11.5 Å². The summed E-state index contributed by atoms with van der Waals surface area (Å²) in [5.41, 5.74) is -1.25. The van der Waals surface area contributed by atoms with E-state index in [9.17, 15) is 14.4 Å². The second-order valence-corrected chi connectivity index (χ2v) is 4.97. The van der Waals surface area contributed by atoms with Crippen LogP contribution >= 0.6 is 0 Å². The minimum Gasteiger partial charge on any atom is -0.353 e. The van der Waals surface area contributed by atoms with E-state index < -0.39 is 11.2 Å². The molecule has 1 saturated heterocycles. The lowest BCUT2D eigenvalue weighted by atomic mass is 10.2. The van der Waals surface area contributed by atoms with E-state index in [2.05, 4.69) is 14.9 Å². The minimum atomic E-state index is -0.678. The first-order valence-corrected chi connectivity index (χ1v) is 6.92. The van der Waals surface area contributed by atoms with Crippen molar-refractivity contribution in [3.63, 3.8) is 0 Å². The molecule has 0 bridgehead atoms. The van der Waals surface area contributed by atoms with Crippen LogP contribution in [0.25, 0.3) is 0 Å². The van der Waals surface area contributed by atoms with Crippen molar-refractivity contribution >= 4 is 11.7 Å². The molecule has 1 amide bonds. The van der Waals surface area contributed by atoms with Gasteiger partial charge in [0.05, 0.1) is 0 Å². The summed E-state index contributed by atoms with van der Waals surface area (Å²) in [4.78, 5) is 47.2. The predicted octanol–water partition coefficient (Wildman–Crippen LogP) is -0.579. The van der Waals surface area contributed by atoms with Crippen molar-refractivity contribution in [1.82, 2.24) is 19.9 Å². The summed E-state index contributed by atoms with van der Waals surface area (Å²) in [5.74, 6) is 0.531. The zero-order valence-corrected chi connectivity index (χ0v) is 11.8. The van der Waals surface area contributed by atoms with E-state index in [0.29, 0.717) is 26.2 Å². The summed E-state index contributed by atoms with van der Waals surface area (Å²) in [5, 5.41) is 0. The van der Waals surface area contributed by atoms with Gasteiger partial charge in [-0.2, -0.15) is 0 Å². The molecule has 0 saturated carbocycles. The predicted molar refractivity (Wildman–Crippen MR) is 80.0 cm³/mol. The first-order chi connectivity index (χ1) is 10.6. The van der Waals surface area contributed by atoms with Gasteiger partial charge >= 0.3 is 5.69 Å². The molecule has 0 radical (unpaired) electrons. The molecular formula is C14H15N5O3. The number of aromatic nitrogens is 3. The van der Waals surface area contributed by atoms with Gasteiger partial charge in [-0.3, -0.25) is 14.6 Å². The van der Waals surface area contributed by atoms with Crippen molar-refractivity contribution in [3.8, 4) is 0 Å². The summed E-state index contributed by atoms with van der Waals surface area (Å²) in [6, 6.07) is 6.80. The Kier molecular flexibility index (Phi) is 3.73. The number of carbonyl (C=O) groups is 1. The normalized spacial score (nSPS) is 14.9. The number of rotatable bonds is 2. The van der Waals surface area contributed by atoms with Crippen LogP contribution in [-0.4, -0.2) is 51.9 Å². The molecule has 2 aromatic rings. The number of H-pyrrole nitrogens is 2. The Balaban J connectivity index is 1.70. The Morgan fingerprint density at radius 1 is 1.09 bits per heavy atom. The Labute approximate surface area is 125 Å². The number of nitrogens with one attached hydrogen (secondary N) is 2. The zero-order chi connectivity index (χ0) is 15.5. The van der Waals surface area contributed by atoms with Crippen molar-refractivity contribution in [1.29, 1.82) is 0 Å². The van der Waals surface area contributed by atoms with Gasteiger partial charge in [-0.15, -0.1) is 0 Å². The number of nitrogens with zero attached hydrogens (tertiary/aromatic N) is 3. The number of piperazine rings is 1. The van der Waals surface area contributed by atoms with Crippen molar-refractivity contribution in [2.75, 3.05) is 31.1 Å². The molecule has 8 nitrogen and oxygen atoms in total. The molecule has 3 rings (SSSR count). The first kappa shape index (κ1) is 14.1. The molecule has 0 unspecified atom stereocenters. The lowest BCUT2D eigenvalue weighted by molar-refractivity contribution is 0.0740. The fourth-order valence-electron chi connectivity index (χ4n) is 2.43. The molecule has 0 atom stereocenters. The van der Waals surface area contributed by atoms with Crippen molar-refractivity contribution in [2.45, 2.75) is 0 Å². The molecule has 1 aliphatic rings. The molecule has 0 aromatic carbocycles. The highest BCUT2D eigenvalue weighted by Crippen LogP contribution is 2.13. The molecular weight excluding hydrogens is 286 g/mol. The number of hydrogen-bond acceptors (Lipinski definition) is 5. The molecule has 8 heteroatoms. The maximum Gasteiger partial charge on any atom is 0.326 e. The molecule has 22 heavy (non-hydrogen) atoms. The third-order valence-corrected chi connectivity index (χ3v) is 3.53. The lowest BCUT2D eigenvalue weighted by Crippen LogP contribution is -2.49. The van der Waals surface area contributed by atoms with Crippen LogP contribution < -0.4 is 16.1 Å². The average molecular weight is 301 g/mol. The number of anilines is 1. The quantitative estimate of drug-likeness (QED) is 0.772. The Hall–Kier alpha value is -2.90. The van der Waals surface area contributed by atoms with Gasteiger partial charge < -0.3 is 14.8 Å². The third-order valence-electron chi connectivity index (χ3n) is 3.53. The summed E-state index contributed by atoms with van der Waals surface area (Å²) >= 11 is 0. The number of hydrogen-bond donors (Lipinski definition) is 2. The topological polar surface area (TPSA) is 102 Å². The molecule has 114 valence electrons. The monoisotopic (exact) mass is 301 g/mol. The van der Waals surface area contributed by atoms with E-state index in [1.165, 1.54) is 0 Å². The summed E-state index contributed by atoms with van der Waals surface area (Å²) in [6.45, 7) is 2.31. The van der Waals surface area contributed by atoms with E-state index >= 15 is 0 Å². The Morgan fingerprint density at radius 3 is 2.50 bits per heavy atom. The molecule has 3 heterocycles. The van der Waals surface area contributed by atoms with Crippen molar-refractivity contribution < 1.29 is 4.79 Å². The lowest BCUT2D eigenvalue weighted by Gasteiger charge is -2.35. The molecule has 0 aliphatic carbocycles. The van der Waals surface area contributed by atoms with Crippen LogP contribution in [0.2, 0.25) is 0 Å². The van der Waals surface area contributed by atoms with E-state index in [4.69, 9.17) is 0 Å². The molecule has 1 fully saturated rings. The maximum atomic E-state index is 12.3. The van der Waals surface area contributed by atoms with Crippen molar-refractivity contribution in [2.24, 2.45) is 0 Å². The SMILES string of the molecule is O=C(c1cc(=O)[nH]c(=O)[nH]1)N1CCN(c2ccccn2)CC1. The van der Waals surface area contributed by atoms with Crippen LogP contribution in [0.3, 0.4) is 0 Å². The molecule has 1 aliphatic heterocycles. The average Bonchev–Trinajstić information content (AvgIpc) is 2.54. The van der Waals surface area contributed by atoms with Crippen LogP contribution in [-0.2, 0) is 0 Å². The minimum absolute atomic E-state index is 0.0139. The van der Waals surface area contributed by atoms with Gasteiger partial charge in [0, 0.05) is 38.4 Å². The van der Waals surface area contributed by atoms with E-state index in [1.54, 1.807) is 11.1 Å². The summed E-state index contributed by atoms with van der Waals surface area (Å²) < 4.78 is 0. The summed E-state index contributed by atoms with van der Waals surface area (Å²) in [7, 11) is 0. The van der Waals surface area contributed by atoms with Gasteiger partial charge in [-0.25, -0.2) is 9.78 Å². The molecule has 2 aromatic heterocycles. The van der Waals surface area contributed by atoms with Gasteiger partial charge in [0.25, 0.3) is 11.5 Å². The summed E-state index contributed by atoms with van der Waals surface area (Å²) in [6.07, 6.45) is 1.73. The standard InChI is InChI=1S/C14H15N5O3/c20-12-9-10(16-14(22)17-12)13(21)19-7-5-18(6-8-19)11-3-1-2-4-15-11/h1-4,9H,5-8H2,(H2,16,17,20,22). The highest BCUT2D eigenvalue weighted by atomic mass is 16.2. The fourth-order valence-corrected chi connectivity index (χ4v) is 2.43. The zero-order valence-electron chi connectivity index (χ0n) is 11.8. The third kappa shape index (κ3) is 2.90. The first-order valence-electron chi connectivity index (χ1n) is 6.92. The van der Waals surface area contributed by atoms with Gasteiger partial charge in [-0.05, 0) is 12.1 Å². The second-order valence-electron chi connectivity index (χ2n) is 4.97. The molecule has 2 N–H and O–H groups in total. The Bertz CT molecular complexity index is 747. The van der Waals surface area contributed by atoms with Crippen LogP contribution in [0.1, 0.15) is 10.5 Å². The van der Waals surface area contributed by atoms with Gasteiger partial charge in [0.15, 0.2) is 0 Å². The van der Waals surface area contributed by atoms with Crippen LogP contribution in [0.15, 0.2) is 40.1 Å². The van der Waals surface area contributed by atoms with Crippen LogP contribution in [0.5, 0.6) is 0 Å². The maximum absolute atomic E-state index is 12.3. The highest BCUT2D eigenvalue weighted by Gasteiger charge is 2.23. The number of carbonyl (C=O) groups excluding carboxylic acids is 1. The van der Waals surface area contributed by atoms with Crippen LogP contribution in [0, 0.1) is 0 Å². The van der Waals surface area contributed by atoms with Gasteiger partial charge in [-0.1, -0.05) is 6.07 Å². The largest absolute Gasteiger partial charge is 0.353 e. The van der Waals surface area contributed by atoms with Gasteiger partial charge in [0.2, 0.25) is 0 Å². The smallest absolute Gasteiger partial charge is 0.326 e. The number of pyridine rings is 1. The number of aromatic amines is 2. The highest BCUT2D eigenvalue weighted by molar-refractivity contribution is 5.92. The van der Waals surface area contributed by atoms with E-state index in [0.717, 1.165) is 11.9 Å².